The Bertz CT molecular complexity index is 661. The van der Waals surface area contributed by atoms with E-state index >= 15 is 0 Å². The Morgan fingerprint density at radius 3 is 3.06 bits per heavy atom. The van der Waals surface area contributed by atoms with Gasteiger partial charge in [0.2, 0.25) is 0 Å². The van der Waals surface area contributed by atoms with Crippen molar-refractivity contribution in [1.82, 2.24) is 14.8 Å². The molecule has 3 nitrogen and oxygen atoms in total. The van der Waals surface area contributed by atoms with Crippen LogP contribution in [0.15, 0.2) is 34.1 Å². The van der Waals surface area contributed by atoms with Crippen molar-refractivity contribution in [2.24, 2.45) is 7.05 Å². The highest BCUT2D eigenvalue weighted by atomic mass is 32.2. The maximum absolute atomic E-state index is 12.7. The first-order valence-corrected chi connectivity index (χ1v) is 6.59. The van der Waals surface area contributed by atoms with E-state index in [0.29, 0.717) is 5.03 Å². The monoisotopic (exact) mass is 265 g/mol. The summed E-state index contributed by atoms with van der Waals surface area (Å²) < 4.78 is 14.3. The molecule has 0 fully saturated rings. The quantitative estimate of drug-likeness (QED) is 0.708. The molecule has 17 heavy (non-hydrogen) atoms. The number of rotatable bonds is 2. The molecule has 0 N–H and O–H groups in total. The van der Waals surface area contributed by atoms with E-state index in [-0.39, 0.29) is 12.1 Å². The van der Waals surface area contributed by atoms with E-state index < -0.39 is 0 Å². The standard InChI is InChI=1S/C11H8FN3S2/c1-15-10-4-9(7-2-3-16-6-7)13-5-8(10)11(14-15)17-12/h2-6H,1H3. The zero-order valence-corrected chi connectivity index (χ0v) is 10.6. The van der Waals surface area contributed by atoms with Crippen molar-refractivity contribution in [3.8, 4) is 11.3 Å². The van der Waals surface area contributed by atoms with Crippen molar-refractivity contribution in [3.63, 3.8) is 0 Å². The molecule has 3 aromatic rings. The van der Waals surface area contributed by atoms with Gasteiger partial charge in [0.1, 0.15) is 12.1 Å². The number of fused-ring (bicyclic) bond motifs is 1. The third-order valence-electron chi connectivity index (χ3n) is 2.59. The molecule has 3 aromatic heterocycles. The maximum Gasteiger partial charge on any atom is 0.160 e. The highest BCUT2D eigenvalue weighted by Gasteiger charge is 2.11. The molecule has 0 saturated heterocycles. The normalized spacial score (nSPS) is 11.2. The van der Waals surface area contributed by atoms with E-state index in [1.165, 1.54) is 0 Å². The molecule has 86 valence electrons. The van der Waals surface area contributed by atoms with Gasteiger partial charge >= 0.3 is 0 Å². The van der Waals surface area contributed by atoms with E-state index in [1.54, 1.807) is 29.3 Å². The summed E-state index contributed by atoms with van der Waals surface area (Å²) in [4.78, 5) is 4.34. The molecular weight excluding hydrogens is 257 g/mol. The average molecular weight is 265 g/mol. The fourth-order valence-corrected chi connectivity index (χ4v) is 2.79. The summed E-state index contributed by atoms with van der Waals surface area (Å²) in [7, 11) is 1.81. The predicted molar refractivity (Wildman–Crippen MR) is 68.8 cm³/mol. The molecule has 0 atom stereocenters. The van der Waals surface area contributed by atoms with Gasteiger partial charge < -0.3 is 0 Å². The molecule has 3 rings (SSSR count). The zero-order chi connectivity index (χ0) is 11.8. The molecule has 0 saturated carbocycles. The van der Waals surface area contributed by atoms with Gasteiger partial charge in [-0.2, -0.15) is 20.3 Å². The molecule has 6 heteroatoms. The van der Waals surface area contributed by atoms with Gasteiger partial charge in [-0.05, 0) is 17.5 Å². The van der Waals surface area contributed by atoms with Crippen molar-refractivity contribution < 1.29 is 3.89 Å². The first kappa shape index (κ1) is 10.7. The predicted octanol–water partition coefficient (Wildman–Crippen LogP) is 3.67. The minimum Gasteiger partial charge on any atom is -0.267 e. The van der Waals surface area contributed by atoms with Gasteiger partial charge in [0.05, 0.1) is 16.6 Å². The average Bonchev–Trinajstić information content (AvgIpc) is 2.97. The van der Waals surface area contributed by atoms with E-state index in [2.05, 4.69) is 10.1 Å². The smallest absolute Gasteiger partial charge is 0.160 e. The lowest BCUT2D eigenvalue weighted by molar-refractivity contribution is 0.756. The lowest BCUT2D eigenvalue weighted by Crippen LogP contribution is -1.90. The molecule has 0 aliphatic rings. The summed E-state index contributed by atoms with van der Waals surface area (Å²) in [5, 5.41) is 9.26. The minimum absolute atomic E-state index is 0.153. The summed E-state index contributed by atoms with van der Waals surface area (Å²) in [6, 6.07) is 3.95. The molecule has 0 spiro atoms. The van der Waals surface area contributed by atoms with Crippen LogP contribution in [0.2, 0.25) is 0 Å². The third kappa shape index (κ3) is 1.73. The maximum atomic E-state index is 12.7. The number of hydrogen-bond acceptors (Lipinski definition) is 4. The van der Waals surface area contributed by atoms with E-state index in [9.17, 15) is 3.89 Å². The van der Waals surface area contributed by atoms with Crippen molar-refractivity contribution in [3.05, 3.63) is 29.1 Å². The number of halogens is 1. The minimum atomic E-state index is 0.153. The molecule has 3 heterocycles. The Labute approximate surface area is 106 Å². The Kier molecular flexibility index (Phi) is 2.60. The van der Waals surface area contributed by atoms with Gasteiger partial charge in [-0.3, -0.25) is 9.67 Å². The van der Waals surface area contributed by atoms with Gasteiger partial charge in [-0.25, -0.2) is 0 Å². The highest BCUT2D eigenvalue weighted by molar-refractivity contribution is 7.94. The summed E-state index contributed by atoms with van der Waals surface area (Å²) >= 11 is 1.78. The number of nitrogens with zero attached hydrogens (tertiary/aromatic N) is 3. The number of pyridine rings is 1. The van der Waals surface area contributed by atoms with Crippen LogP contribution in [0.5, 0.6) is 0 Å². The molecule has 0 aliphatic heterocycles. The molecule has 0 aliphatic carbocycles. The van der Waals surface area contributed by atoms with Crippen molar-refractivity contribution in [1.29, 1.82) is 0 Å². The Morgan fingerprint density at radius 1 is 1.47 bits per heavy atom. The fraction of sp³-hybridized carbons (Fsp3) is 0.0909. The molecule has 0 unspecified atom stereocenters. The summed E-state index contributed by atoms with van der Waals surface area (Å²) in [5.74, 6) is 0. The van der Waals surface area contributed by atoms with Crippen LogP contribution < -0.4 is 0 Å². The first-order chi connectivity index (χ1) is 8.29. The van der Waals surface area contributed by atoms with Gasteiger partial charge in [-0.1, -0.05) is 0 Å². The van der Waals surface area contributed by atoms with Gasteiger partial charge in [0, 0.05) is 24.2 Å². The molecule has 0 bridgehead atoms. The summed E-state index contributed by atoms with van der Waals surface area (Å²) in [5.41, 5.74) is 2.85. The second-order valence-corrected chi connectivity index (χ2v) is 4.93. The van der Waals surface area contributed by atoms with Gasteiger partial charge in [0.15, 0.2) is 5.03 Å². The fourth-order valence-electron chi connectivity index (χ4n) is 1.75. The zero-order valence-electron chi connectivity index (χ0n) is 8.92. The largest absolute Gasteiger partial charge is 0.267 e. The van der Waals surface area contributed by atoms with Crippen LogP contribution in [-0.4, -0.2) is 14.8 Å². The number of hydrogen-bond donors (Lipinski definition) is 0. The Hall–Kier alpha value is -1.40. The van der Waals surface area contributed by atoms with Crippen molar-refractivity contribution in [2.75, 3.05) is 0 Å². The third-order valence-corrected chi connectivity index (χ3v) is 3.72. The Morgan fingerprint density at radius 2 is 2.35 bits per heavy atom. The first-order valence-electron chi connectivity index (χ1n) is 4.93. The number of aryl methyl sites for hydroxylation is 1. The molecular formula is C11H8FN3S2. The summed E-state index contributed by atoms with van der Waals surface area (Å²) in [6.45, 7) is 0. The van der Waals surface area contributed by atoms with Crippen molar-refractivity contribution in [2.45, 2.75) is 5.03 Å². The molecule has 0 aromatic carbocycles. The topological polar surface area (TPSA) is 30.7 Å². The lowest BCUT2D eigenvalue weighted by Gasteiger charge is -1.98. The van der Waals surface area contributed by atoms with Crippen LogP contribution in [0, 0.1) is 0 Å². The van der Waals surface area contributed by atoms with Gasteiger partial charge in [-0.15, -0.1) is 0 Å². The SMILES string of the molecule is Cn1nc(SF)c2cnc(-c3ccsc3)cc21. The Balaban J connectivity index is 2.23. The van der Waals surface area contributed by atoms with Crippen LogP contribution in [0.1, 0.15) is 0 Å². The van der Waals surface area contributed by atoms with E-state index in [1.807, 2.05) is 22.9 Å². The molecule has 0 amide bonds. The summed E-state index contributed by atoms with van der Waals surface area (Å²) in [6.07, 6.45) is 1.68. The van der Waals surface area contributed by atoms with E-state index in [4.69, 9.17) is 0 Å². The molecule has 0 radical (unpaired) electrons. The second-order valence-electron chi connectivity index (χ2n) is 3.60. The number of thiophene rings is 1. The number of aromatic nitrogens is 3. The van der Waals surface area contributed by atoms with E-state index in [0.717, 1.165) is 22.2 Å². The second kappa shape index (κ2) is 4.12. The van der Waals surface area contributed by atoms with Crippen LogP contribution in [0.4, 0.5) is 3.89 Å². The highest BCUT2D eigenvalue weighted by Crippen LogP contribution is 2.29. The lowest BCUT2D eigenvalue weighted by atomic mass is 10.2. The van der Waals surface area contributed by atoms with Crippen molar-refractivity contribution >= 4 is 34.4 Å². The van der Waals surface area contributed by atoms with Crippen LogP contribution >= 0.6 is 23.5 Å². The van der Waals surface area contributed by atoms with Crippen LogP contribution in [-0.2, 0) is 7.05 Å². The van der Waals surface area contributed by atoms with Gasteiger partial charge in [0.25, 0.3) is 0 Å². The van der Waals surface area contributed by atoms with Crippen LogP contribution in [0.25, 0.3) is 22.2 Å². The van der Waals surface area contributed by atoms with Crippen LogP contribution in [0.3, 0.4) is 0 Å².